The maximum absolute atomic E-state index is 12.5. The van der Waals surface area contributed by atoms with Gasteiger partial charge in [0.2, 0.25) is 11.8 Å². The van der Waals surface area contributed by atoms with E-state index >= 15 is 0 Å². The van der Waals surface area contributed by atoms with Crippen molar-refractivity contribution in [1.29, 1.82) is 0 Å². The van der Waals surface area contributed by atoms with E-state index in [-0.39, 0.29) is 30.2 Å². The van der Waals surface area contributed by atoms with Crippen LogP contribution in [0.25, 0.3) is 0 Å². The van der Waals surface area contributed by atoms with E-state index in [2.05, 4.69) is 5.32 Å². The Labute approximate surface area is 159 Å². The third-order valence-corrected chi connectivity index (χ3v) is 5.04. The summed E-state index contributed by atoms with van der Waals surface area (Å²) in [5.74, 6) is -0.299. The average molecular weight is 371 g/mol. The zero-order valence-electron chi connectivity index (χ0n) is 14.8. The second-order valence-electron chi connectivity index (χ2n) is 6.76. The predicted molar refractivity (Wildman–Crippen MR) is 103 cm³/mol. The molecule has 1 aliphatic rings. The third-order valence-electron chi connectivity index (χ3n) is 4.80. The number of hydrogen-bond acceptors (Lipinski definition) is 2. The van der Waals surface area contributed by atoms with Gasteiger partial charge >= 0.3 is 0 Å². The molecule has 1 N–H and O–H groups in total. The summed E-state index contributed by atoms with van der Waals surface area (Å²) in [4.78, 5) is 26.6. The topological polar surface area (TPSA) is 49.4 Å². The molecule has 0 spiro atoms. The molecule has 2 atom stereocenters. The van der Waals surface area contributed by atoms with Crippen molar-refractivity contribution in [3.8, 4) is 0 Å². The Balaban J connectivity index is 1.52. The largest absolute Gasteiger partial charge is 0.349 e. The number of nitrogens with zero attached hydrogens (tertiary/aromatic N) is 1. The lowest BCUT2D eigenvalue weighted by Crippen LogP contribution is -2.35. The highest BCUT2D eigenvalue weighted by molar-refractivity contribution is 6.30. The summed E-state index contributed by atoms with van der Waals surface area (Å²) in [5.41, 5.74) is 2.15. The van der Waals surface area contributed by atoms with Gasteiger partial charge in [0.15, 0.2) is 0 Å². The molecule has 5 heteroatoms. The number of halogens is 1. The molecule has 2 amide bonds. The van der Waals surface area contributed by atoms with Gasteiger partial charge in [0, 0.05) is 24.5 Å². The molecule has 1 heterocycles. The minimum absolute atomic E-state index is 0.0412. The van der Waals surface area contributed by atoms with Crippen molar-refractivity contribution >= 4 is 23.4 Å². The highest BCUT2D eigenvalue weighted by Gasteiger charge is 2.34. The van der Waals surface area contributed by atoms with Gasteiger partial charge in [-0.15, -0.1) is 0 Å². The zero-order chi connectivity index (χ0) is 18.5. The quantitative estimate of drug-likeness (QED) is 0.844. The van der Waals surface area contributed by atoms with Crippen molar-refractivity contribution in [2.75, 3.05) is 13.1 Å². The van der Waals surface area contributed by atoms with E-state index < -0.39 is 0 Å². The number of carbonyl (C=O) groups is 2. The van der Waals surface area contributed by atoms with Crippen LogP contribution in [0.15, 0.2) is 54.6 Å². The number of nitrogens with one attached hydrogen (secondary N) is 1. The van der Waals surface area contributed by atoms with E-state index in [1.165, 1.54) is 0 Å². The van der Waals surface area contributed by atoms with Gasteiger partial charge in [0.25, 0.3) is 0 Å². The van der Waals surface area contributed by atoms with Crippen molar-refractivity contribution in [3.63, 3.8) is 0 Å². The van der Waals surface area contributed by atoms with Crippen LogP contribution in [0.3, 0.4) is 0 Å². The fourth-order valence-electron chi connectivity index (χ4n) is 3.28. The van der Waals surface area contributed by atoms with Gasteiger partial charge in [-0.05, 0) is 36.6 Å². The van der Waals surface area contributed by atoms with E-state index in [0.29, 0.717) is 18.1 Å². The average Bonchev–Trinajstić information content (AvgIpc) is 3.02. The molecule has 3 rings (SSSR count). The molecule has 136 valence electrons. The van der Waals surface area contributed by atoms with Crippen LogP contribution < -0.4 is 5.32 Å². The second kappa shape index (κ2) is 8.37. The van der Waals surface area contributed by atoms with Gasteiger partial charge in [0.1, 0.15) is 0 Å². The lowest BCUT2D eigenvalue weighted by Gasteiger charge is -2.19. The van der Waals surface area contributed by atoms with Crippen molar-refractivity contribution in [3.05, 3.63) is 70.7 Å². The standard InChI is InChI=1S/C21H23ClN2O2/c1-15(17-7-3-2-4-8-17)23-21(26)18-13-20(25)24(14-18)11-10-16-6-5-9-19(22)12-16/h2-9,12,15,18H,10-11,13-14H2,1H3,(H,23,26). The Kier molecular flexibility index (Phi) is 5.94. The number of likely N-dealkylation sites (tertiary alicyclic amines) is 1. The number of carbonyl (C=O) groups excluding carboxylic acids is 2. The molecule has 2 aromatic rings. The molecule has 1 aliphatic heterocycles. The summed E-state index contributed by atoms with van der Waals surface area (Å²) in [7, 11) is 0. The first-order valence-corrected chi connectivity index (χ1v) is 9.28. The molecule has 1 saturated heterocycles. The molecule has 4 nitrogen and oxygen atoms in total. The smallest absolute Gasteiger partial charge is 0.225 e. The molecule has 1 fully saturated rings. The van der Waals surface area contributed by atoms with Crippen LogP contribution >= 0.6 is 11.6 Å². The summed E-state index contributed by atoms with van der Waals surface area (Å²) in [5, 5.41) is 3.72. The maximum atomic E-state index is 12.5. The summed E-state index contributed by atoms with van der Waals surface area (Å²) in [6.07, 6.45) is 1.02. The summed E-state index contributed by atoms with van der Waals surface area (Å²) in [6.45, 7) is 3.05. The Morgan fingerprint density at radius 3 is 2.73 bits per heavy atom. The highest BCUT2D eigenvalue weighted by atomic mass is 35.5. The fraction of sp³-hybridized carbons (Fsp3) is 0.333. The number of amides is 2. The van der Waals surface area contributed by atoms with E-state index in [1.807, 2.05) is 61.5 Å². The summed E-state index contributed by atoms with van der Waals surface area (Å²) < 4.78 is 0. The summed E-state index contributed by atoms with van der Waals surface area (Å²) in [6, 6.07) is 17.4. The monoisotopic (exact) mass is 370 g/mol. The SMILES string of the molecule is CC(NC(=O)C1CC(=O)N(CCc2cccc(Cl)c2)C1)c1ccccc1. The highest BCUT2D eigenvalue weighted by Crippen LogP contribution is 2.21. The van der Waals surface area contributed by atoms with Gasteiger partial charge in [0.05, 0.1) is 12.0 Å². The van der Waals surface area contributed by atoms with E-state index in [9.17, 15) is 9.59 Å². The van der Waals surface area contributed by atoms with Gasteiger partial charge < -0.3 is 10.2 Å². The fourth-order valence-corrected chi connectivity index (χ4v) is 3.49. The minimum atomic E-state index is -0.284. The first-order valence-electron chi connectivity index (χ1n) is 8.90. The first-order chi connectivity index (χ1) is 12.5. The van der Waals surface area contributed by atoms with Crippen LogP contribution in [0.4, 0.5) is 0 Å². The van der Waals surface area contributed by atoms with Crippen LogP contribution in [-0.2, 0) is 16.0 Å². The Morgan fingerprint density at radius 1 is 1.23 bits per heavy atom. The Hall–Kier alpha value is -2.33. The van der Waals surface area contributed by atoms with Crippen molar-refractivity contribution in [2.24, 2.45) is 5.92 Å². The van der Waals surface area contributed by atoms with E-state index in [4.69, 9.17) is 11.6 Å². The van der Waals surface area contributed by atoms with E-state index in [0.717, 1.165) is 17.5 Å². The van der Waals surface area contributed by atoms with Crippen molar-refractivity contribution < 1.29 is 9.59 Å². The Morgan fingerprint density at radius 2 is 2.00 bits per heavy atom. The molecular formula is C21H23ClN2O2. The lowest BCUT2D eigenvalue weighted by atomic mass is 10.1. The number of benzene rings is 2. The van der Waals surface area contributed by atoms with Crippen molar-refractivity contribution in [1.82, 2.24) is 10.2 Å². The number of rotatable bonds is 6. The normalized spacial score (nSPS) is 18.0. The molecule has 0 radical (unpaired) electrons. The van der Waals surface area contributed by atoms with Crippen molar-refractivity contribution in [2.45, 2.75) is 25.8 Å². The van der Waals surface area contributed by atoms with Crippen LogP contribution in [0, 0.1) is 5.92 Å². The van der Waals surface area contributed by atoms with Gasteiger partial charge in [-0.2, -0.15) is 0 Å². The zero-order valence-corrected chi connectivity index (χ0v) is 15.6. The molecule has 0 saturated carbocycles. The maximum Gasteiger partial charge on any atom is 0.225 e. The van der Waals surface area contributed by atoms with Crippen LogP contribution in [0.1, 0.15) is 30.5 Å². The van der Waals surface area contributed by atoms with Crippen LogP contribution in [-0.4, -0.2) is 29.8 Å². The predicted octanol–water partition coefficient (Wildman–Crippen LogP) is 3.61. The van der Waals surface area contributed by atoms with Crippen LogP contribution in [0.5, 0.6) is 0 Å². The van der Waals surface area contributed by atoms with Gasteiger partial charge in [-0.1, -0.05) is 54.1 Å². The minimum Gasteiger partial charge on any atom is -0.349 e. The molecule has 0 aliphatic carbocycles. The van der Waals surface area contributed by atoms with E-state index in [1.54, 1.807) is 4.90 Å². The lowest BCUT2D eigenvalue weighted by molar-refractivity contribution is -0.129. The molecule has 26 heavy (non-hydrogen) atoms. The molecule has 2 unspecified atom stereocenters. The molecular weight excluding hydrogens is 348 g/mol. The van der Waals surface area contributed by atoms with Gasteiger partial charge in [-0.25, -0.2) is 0 Å². The molecule has 2 aromatic carbocycles. The Bertz CT molecular complexity index is 779. The summed E-state index contributed by atoms with van der Waals surface area (Å²) >= 11 is 6.00. The second-order valence-corrected chi connectivity index (χ2v) is 7.20. The molecule has 0 bridgehead atoms. The van der Waals surface area contributed by atoms with Gasteiger partial charge in [-0.3, -0.25) is 9.59 Å². The molecule has 0 aromatic heterocycles. The van der Waals surface area contributed by atoms with Crippen LogP contribution in [0.2, 0.25) is 5.02 Å². The first kappa shape index (κ1) is 18.5. The number of hydrogen-bond donors (Lipinski definition) is 1. The third kappa shape index (κ3) is 4.64.